The Morgan fingerprint density at radius 1 is 0.643 bits per heavy atom. The Labute approximate surface area is 87.8 Å². The van der Waals surface area contributed by atoms with Gasteiger partial charge in [-0.1, -0.05) is 24.3 Å². The van der Waals surface area contributed by atoms with Gasteiger partial charge in [0.05, 0.1) is 6.61 Å². The van der Waals surface area contributed by atoms with E-state index in [9.17, 15) is 0 Å². The molecule has 0 amide bonds. The fourth-order valence-electron chi connectivity index (χ4n) is 1.56. The highest BCUT2D eigenvalue weighted by Crippen LogP contribution is 2.04. The van der Waals surface area contributed by atoms with Crippen molar-refractivity contribution in [1.29, 1.82) is 0 Å². The highest BCUT2D eigenvalue weighted by molar-refractivity contribution is 4.84. The van der Waals surface area contributed by atoms with E-state index in [-0.39, 0.29) is 0 Å². The van der Waals surface area contributed by atoms with Gasteiger partial charge in [-0.2, -0.15) is 0 Å². The molecule has 0 unspecified atom stereocenters. The smallest absolute Gasteiger partial charge is 0.0647 e. The average Bonchev–Trinajstić information content (AvgIpc) is 2.22. The second-order valence-corrected chi connectivity index (χ2v) is 3.80. The molecule has 0 aromatic carbocycles. The van der Waals surface area contributed by atoms with Crippen molar-refractivity contribution in [3.05, 3.63) is 24.3 Å². The molecule has 1 aliphatic heterocycles. The fourth-order valence-corrected chi connectivity index (χ4v) is 1.56. The number of hydrogen-bond donors (Lipinski definition) is 0. The number of allylic oxidation sites excluding steroid dienone is 3. The lowest BCUT2D eigenvalue weighted by atomic mass is 10.1. The first kappa shape index (κ1) is 11.5. The van der Waals surface area contributed by atoms with Crippen LogP contribution < -0.4 is 0 Å². The van der Waals surface area contributed by atoms with Gasteiger partial charge in [-0.25, -0.2) is 0 Å². The van der Waals surface area contributed by atoms with Crippen molar-refractivity contribution in [2.45, 2.75) is 44.9 Å². The lowest BCUT2D eigenvalue weighted by Crippen LogP contribution is -1.94. The fraction of sp³-hybridized carbons (Fsp3) is 0.692. The average molecular weight is 194 g/mol. The summed E-state index contributed by atoms with van der Waals surface area (Å²) >= 11 is 0. The lowest BCUT2D eigenvalue weighted by Gasteiger charge is -2.01. The maximum absolute atomic E-state index is 5.47. The molecular weight excluding hydrogens is 172 g/mol. The molecule has 0 saturated heterocycles. The van der Waals surface area contributed by atoms with E-state index >= 15 is 0 Å². The van der Waals surface area contributed by atoms with E-state index in [1.54, 1.807) is 0 Å². The Morgan fingerprint density at radius 2 is 1.21 bits per heavy atom. The minimum absolute atomic E-state index is 0.801. The second-order valence-electron chi connectivity index (χ2n) is 3.80. The van der Waals surface area contributed by atoms with Crippen molar-refractivity contribution >= 4 is 0 Å². The number of hydrogen-bond acceptors (Lipinski definition) is 1. The summed E-state index contributed by atoms with van der Waals surface area (Å²) in [5.41, 5.74) is 0. The van der Waals surface area contributed by atoms with Crippen LogP contribution in [0.5, 0.6) is 0 Å². The van der Waals surface area contributed by atoms with Crippen LogP contribution in [-0.4, -0.2) is 13.2 Å². The van der Waals surface area contributed by atoms with Crippen LogP contribution in [0.1, 0.15) is 44.9 Å². The van der Waals surface area contributed by atoms with Crippen molar-refractivity contribution in [2.75, 3.05) is 13.2 Å². The third kappa shape index (κ3) is 6.90. The van der Waals surface area contributed by atoms with Gasteiger partial charge in [0, 0.05) is 6.61 Å². The zero-order valence-corrected chi connectivity index (χ0v) is 9.08. The van der Waals surface area contributed by atoms with Gasteiger partial charge in [0.15, 0.2) is 0 Å². The molecule has 1 heteroatoms. The molecule has 0 saturated carbocycles. The molecule has 0 radical (unpaired) electrons. The summed E-state index contributed by atoms with van der Waals surface area (Å²) in [5, 5.41) is 0. The summed E-state index contributed by atoms with van der Waals surface area (Å²) in [7, 11) is 0. The van der Waals surface area contributed by atoms with Gasteiger partial charge >= 0.3 is 0 Å². The SMILES string of the molecule is C1=CCCCCOC/C=C\CCCC1. The zero-order valence-electron chi connectivity index (χ0n) is 9.08. The van der Waals surface area contributed by atoms with Crippen LogP contribution in [-0.2, 0) is 4.74 Å². The number of rotatable bonds is 0. The largest absolute Gasteiger partial charge is 0.377 e. The summed E-state index contributed by atoms with van der Waals surface area (Å²) in [6, 6.07) is 0. The maximum atomic E-state index is 5.47. The van der Waals surface area contributed by atoms with Crippen LogP contribution in [0, 0.1) is 0 Å². The minimum Gasteiger partial charge on any atom is -0.377 e. The molecule has 0 bridgehead atoms. The standard InChI is InChI=1S/C13H22O/c1-2-4-6-8-10-12-14-13-11-9-7-5-3-1/h2,4,9,11H,1,3,5-8,10,12-13H2/b4-2?,11-9-. The van der Waals surface area contributed by atoms with Crippen LogP contribution in [0.3, 0.4) is 0 Å². The second kappa shape index (κ2) is 9.01. The lowest BCUT2D eigenvalue weighted by molar-refractivity contribution is 0.158. The van der Waals surface area contributed by atoms with Gasteiger partial charge in [-0.05, 0) is 44.9 Å². The third-order valence-electron chi connectivity index (χ3n) is 2.45. The van der Waals surface area contributed by atoms with E-state index in [0.29, 0.717) is 0 Å². The summed E-state index contributed by atoms with van der Waals surface area (Å²) in [5.74, 6) is 0. The quantitative estimate of drug-likeness (QED) is 0.532. The minimum atomic E-state index is 0.801. The molecule has 0 fully saturated rings. The van der Waals surface area contributed by atoms with Gasteiger partial charge in [0.2, 0.25) is 0 Å². The van der Waals surface area contributed by atoms with E-state index in [4.69, 9.17) is 4.74 Å². The molecular formula is C13H22O. The molecule has 0 atom stereocenters. The van der Waals surface area contributed by atoms with Crippen LogP contribution >= 0.6 is 0 Å². The molecule has 1 aliphatic rings. The summed E-state index contributed by atoms with van der Waals surface area (Å²) in [6.07, 6.45) is 17.8. The number of ether oxygens (including phenoxy) is 1. The van der Waals surface area contributed by atoms with Crippen LogP contribution in [0.2, 0.25) is 0 Å². The Hall–Kier alpha value is -0.560. The van der Waals surface area contributed by atoms with E-state index in [0.717, 1.165) is 13.2 Å². The Kier molecular flexibility index (Phi) is 7.41. The summed E-state index contributed by atoms with van der Waals surface area (Å²) in [6.45, 7) is 1.72. The molecule has 0 aliphatic carbocycles. The first-order chi connectivity index (χ1) is 7.00. The normalized spacial score (nSPS) is 24.0. The Morgan fingerprint density at radius 3 is 1.93 bits per heavy atom. The van der Waals surface area contributed by atoms with Crippen LogP contribution in [0.25, 0.3) is 0 Å². The van der Waals surface area contributed by atoms with Crippen molar-refractivity contribution in [2.24, 2.45) is 0 Å². The Bertz CT molecular complexity index is 150. The van der Waals surface area contributed by atoms with Crippen molar-refractivity contribution in [3.63, 3.8) is 0 Å². The van der Waals surface area contributed by atoms with Crippen molar-refractivity contribution < 1.29 is 4.74 Å². The molecule has 80 valence electrons. The van der Waals surface area contributed by atoms with Crippen molar-refractivity contribution in [3.8, 4) is 0 Å². The van der Waals surface area contributed by atoms with E-state index < -0.39 is 0 Å². The first-order valence-electron chi connectivity index (χ1n) is 5.88. The predicted octanol–water partition coefficient (Wildman–Crippen LogP) is 3.86. The molecule has 14 heavy (non-hydrogen) atoms. The summed E-state index contributed by atoms with van der Waals surface area (Å²) < 4.78 is 5.47. The maximum Gasteiger partial charge on any atom is 0.0647 e. The molecule has 1 heterocycles. The van der Waals surface area contributed by atoms with Gasteiger partial charge in [-0.15, -0.1) is 0 Å². The van der Waals surface area contributed by atoms with Gasteiger partial charge in [-0.3, -0.25) is 0 Å². The topological polar surface area (TPSA) is 9.23 Å². The Balaban J connectivity index is 2.16. The van der Waals surface area contributed by atoms with E-state index in [2.05, 4.69) is 24.3 Å². The van der Waals surface area contributed by atoms with Gasteiger partial charge in [0.1, 0.15) is 0 Å². The zero-order chi connectivity index (χ0) is 9.90. The highest BCUT2D eigenvalue weighted by atomic mass is 16.5. The van der Waals surface area contributed by atoms with E-state index in [1.165, 1.54) is 44.9 Å². The predicted molar refractivity (Wildman–Crippen MR) is 61.4 cm³/mol. The van der Waals surface area contributed by atoms with Gasteiger partial charge < -0.3 is 4.74 Å². The third-order valence-corrected chi connectivity index (χ3v) is 2.45. The van der Waals surface area contributed by atoms with Crippen LogP contribution in [0.15, 0.2) is 24.3 Å². The molecule has 0 spiro atoms. The van der Waals surface area contributed by atoms with E-state index in [1.807, 2.05) is 0 Å². The molecule has 1 rings (SSSR count). The monoisotopic (exact) mass is 194 g/mol. The summed E-state index contributed by atoms with van der Waals surface area (Å²) in [4.78, 5) is 0. The highest BCUT2D eigenvalue weighted by Gasteiger charge is 1.89. The van der Waals surface area contributed by atoms with Crippen LogP contribution in [0.4, 0.5) is 0 Å². The molecule has 0 N–H and O–H groups in total. The molecule has 0 aromatic rings. The molecule has 1 nitrogen and oxygen atoms in total. The van der Waals surface area contributed by atoms with Gasteiger partial charge in [0.25, 0.3) is 0 Å². The molecule has 0 aromatic heterocycles. The van der Waals surface area contributed by atoms with Crippen molar-refractivity contribution in [1.82, 2.24) is 0 Å². The first-order valence-corrected chi connectivity index (χ1v) is 5.88.